The third-order valence-electron chi connectivity index (χ3n) is 3.90. The van der Waals surface area contributed by atoms with Gasteiger partial charge < -0.3 is 13.9 Å². The number of carbonyl (C=O) groups is 2. The quantitative estimate of drug-likeness (QED) is 0.429. The van der Waals surface area contributed by atoms with Crippen LogP contribution in [0.4, 0.5) is 0 Å². The molecule has 0 unspecified atom stereocenters. The fraction of sp³-hybridized carbons (Fsp3) is 0.381. The molecule has 150 valence electrons. The van der Waals surface area contributed by atoms with Crippen molar-refractivity contribution in [2.75, 3.05) is 6.61 Å². The SMILES string of the molecule is CC(C)CCOc1coc(COC(=O)CCC(=O)c2ccc(Cl)cc2)cc1=O. The van der Waals surface area contributed by atoms with Crippen molar-refractivity contribution < 1.29 is 23.5 Å². The van der Waals surface area contributed by atoms with Gasteiger partial charge in [-0.15, -0.1) is 0 Å². The molecule has 0 aliphatic rings. The summed E-state index contributed by atoms with van der Waals surface area (Å²) in [5.74, 6) is 0.0745. The highest BCUT2D eigenvalue weighted by molar-refractivity contribution is 6.30. The minimum atomic E-state index is -0.553. The molecule has 1 heterocycles. The molecule has 0 spiro atoms. The van der Waals surface area contributed by atoms with E-state index >= 15 is 0 Å². The Hall–Kier alpha value is -2.60. The summed E-state index contributed by atoms with van der Waals surface area (Å²) >= 11 is 5.78. The lowest BCUT2D eigenvalue weighted by molar-refractivity contribution is -0.145. The number of carbonyl (C=O) groups excluding carboxylic acids is 2. The second kappa shape index (κ2) is 10.7. The number of esters is 1. The average molecular weight is 407 g/mol. The molecule has 0 atom stereocenters. The van der Waals surface area contributed by atoms with Gasteiger partial charge in [0, 0.05) is 23.1 Å². The molecule has 0 N–H and O–H groups in total. The molecule has 1 aromatic heterocycles. The first-order valence-electron chi connectivity index (χ1n) is 9.04. The van der Waals surface area contributed by atoms with Crippen LogP contribution in [0.15, 0.2) is 45.8 Å². The van der Waals surface area contributed by atoms with Gasteiger partial charge in [-0.2, -0.15) is 0 Å². The van der Waals surface area contributed by atoms with E-state index in [-0.39, 0.29) is 42.2 Å². The third kappa shape index (κ3) is 7.19. The molecule has 0 fully saturated rings. The average Bonchev–Trinajstić information content (AvgIpc) is 2.66. The largest absolute Gasteiger partial charge is 0.487 e. The maximum Gasteiger partial charge on any atom is 0.306 e. The maximum absolute atomic E-state index is 12.0. The normalized spacial score (nSPS) is 10.7. The maximum atomic E-state index is 12.0. The molecule has 7 heteroatoms. The molecule has 2 rings (SSSR count). The van der Waals surface area contributed by atoms with Gasteiger partial charge in [0.2, 0.25) is 11.2 Å². The standard InChI is InChI=1S/C21H23ClO6/c1-14(2)9-10-26-20-13-27-17(11-19(20)24)12-28-21(25)8-7-18(23)15-3-5-16(22)6-4-15/h3-6,11,13-14H,7-10,12H2,1-2H3. The molecule has 1 aromatic carbocycles. The van der Waals surface area contributed by atoms with Crippen molar-refractivity contribution in [2.24, 2.45) is 5.92 Å². The van der Waals surface area contributed by atoms with E-state index in [0.717, 1.165) is 6.42 Å². The van der Waals surface area contributed by atoms with Crippen molar-refractivity contribution in [3.05, 3.63) is 63.2 Å². The summed E-state index contributed by atoms with van der Waals surface area (Å²) in [6.07, 6.45) is 2.00. The highest BCUT2D eigenvalue weighted by Gasteiger charge is 2.12. The summed E-state index contributed by atoms with van der Waals surface area (Å²) in [7, 11) is 0. The zero-order chi connectivity index (χ0) is 20.5. The second-order valence-electron chi connectivity index (χ2n) is 6.70. The van der Waals surface area contributed by atoms with E-state index in [4.69, 9.17) is 25.5 Å². The molecule has 0 radical (unpaired) electrons. The Morgan fingerprint density at radius 2 is 1.86 bits per heavy atom. The van der Waals surface area contributed by atoms with Gasteiger partial charge in [0.15, 0.2) is 5.78 Å². The van der Waals surface area contributed by atoms with Crippen LogP contribution in [0, 0.1) is 5.92 Å². The van der Waals surface area contributed by atoms with Crippen LogP contribution in [-0.2, 0) is 16.1 Å². The molecule has 28 heavy (non-hydrogen) atoms. The molecule has 6 nitrogen and oxygen atoms in total. The van der Waals surface area contributed by atoms with Gasteiger partial charge in [-0.1, -0.05) is 25.4 Å². The number of ether oxygens (including phenoxy) is 2. The van der Waals surface area contributed by atoms with Gasteiger partial charge in [0.05, 0.1) is 13.0 Å². The number of hydrogen-bond acceptors (Lipinski definition) is 6. The van der Waals surface area contributed by atoms with Crippen LogP contribution < -0.4 is 10.2 Å². The summed E-state index contributed by atoms with van der Waals surface area (Å²) in [5, 5.41) is 0.536. The van der Waals surface area contributed by atoms with E-state index in [1.54, 1.807) is 24.3 Å². The Kier molecular flexibility index (Phi) is 8.26. The van der Waals surface area contributed by atoms with Crippen molar-refractivity contribution in [2.45, 2.75) is 39.7 Å². The Bertz CT molecular complexity index is 854. The highest BCUT2D eigenvalue weighted by Crippen LogP contribution is 2.13. The molecule has 0 aliphatic carbocycles. The Morgan fingerprint density at radius 1 is 1.14 bits per heavy atom. The first-order valence-corrected chi connectivity index (χ1v) is 9.42. The zero-order valence-electron chi connectivity index (χ0n) is 15.9. The van der Waals surface area contributed by atoms with E-state index in [9.17, 15) is 14.4 Å². The highest BCUT2D eigenvalue weighted by atomic mass is 35.5. The van der Waals surface area contributed by atoms with E-state index in [1.807, 2.05) is 0 Å². The van der Waals surface area contributed by atoms with Crippen molar-refractivity contribution in [3.8, 4) is 5.75 Å². The minimum absolute atomic E-state index is 0.0209. The molecule has 0 aliphatic heterocycles. The molecule has 0 saturated carbocycles. The van der Waals surface area contributed by atoms with Gasteiger partial charge in [-0.3, -0.25) is 14.4 Å². The lowest BCUT2D eigenvalue weighted by atomic mass is 10.1. The van der Waals surface area contributed by atoms with Gasteiger partial charge in [-0.05, 0) is 36.6 Å². The topological polar surface area (TPSA) is 82.8 Å². The van der Waals surface area contributed by atoms with Crippen LogP contribution in [0.1, 0.15) is 49.2 Å². The van der Waals surface area contributed by atoms with Crippen molar-refractivity contribution in [1.82, 2.24) is 0 Å². The van der Waals surface area contributed by atoms with E-state index in [2.05, 4.69) is 13.8 Å². The second-order valence-corrected chi connectivity index (χ2v) is 7.13. The minimum Gasteiger partial charge on any atom is -0.487 e. The summed E-state index contributed by atoms with van der Waals surface area (Å²) in [5.41, 5.74) is 0.148. The van der Waals surface area contributed by atoms with Crippen LogP contribution in [0.5, 0.6) is 5.75 Å². The molecule has 0 bridgehead atoms. The predicted octanol–water partition coefficient (Wildman–Crippen LogP) is 4.42. The summed E-state index contributed by atoms with van der Waals surface area (Å²) in [4.78, 5) is 35.8. The number of Topliss-reactive ketones (excluding diaryl/α,β-unsaturated/α-hetero) is 1. The fourth-order valence-corrected chi connectivity index (χ4v) is 2.37. The monoisotopic (exact) mass is 406 g/mol. The molecule has 0 amide bonds. The van der Waals surface area contributed by atoms with Crippen LogP contribution in [0.2, 0.25) is 5.02 Å². The number of halogens is 1. The number of hydrogen-bond donors (Lipinski definition) is 0. The van der Waals surface area contributed by atoms with Crippen LogP contribution in [-0.4, -0.2) is 18.4 Å². The molecular formula is C21H23ClO6. The summed E-state index contributed by atoms with van der Waals surface area (Å²) in [6, 6.07) is 7.68. The lowest BCUT2D eigenvalue weighted by Gasteiger charge is -2.08. The van der Waals surface area contributed by atoms with Gasteiger partial charge in [-0.25, -0.2) is 0 Å². The van der Waals surface area contributed by atoms with Gasteiger partial charge >= 0.3 is 5.97 Å². The van der Waals surface area contributed by atoms with E-state index in [1.165, 1.54) is 12.3 Å². The molecule has 0 saturated heterocycles. The number of rotatable bonds is 10. The van der Waals surface area contributed by atoms with Gasteiger partial charge in [0.1, 0.15) is 18.6 Å². The number of benzene rings is 1. The number of ketones is 1. The Balaban J connectivity index is 1.77. The van der Waals surface area contributed by atoms with Crippen molar-refractivity contribution in [3.63, 3.8) is 0 Å². The van der Waals surface area contributed by atoms with Crippen molar-refractivity contribution in [1.29, 1.82) is 0 Å². The summed E-state index contributed by atoms with van der Waals surface area (Å²) in [6.45, 7) is 4.37. The van der Waals surface area contributed by atoms with Crippen LogP contribution >= 0.6 is 11.6 Å². The third-order valence-corrected chi connectivity index (χ3v) is 4.15. The first-order chi connectivity index (χ1) is 13.3. The molecular weight excluding hydrogens is 384 g/mol. The predicted molar refractivity (Wildman–Crippen MR) is 105 cm³/mol. The van der Waals surface area contributed by atoms with Crippen molar-refractivity contribution >= 4 is 23.4 Å². The lowest BCUT2D eigenvalue weighted by Crippen LogP contribution is -2.12. The van der Waals surface area contributed by atoms with E-state index in [0.29, 0.717) is 23.1 Å². The van der Waals surface area contributed by atoms with Crippen LogP contribution in [0.3, 0.4) is 0 Å². The molecule has 2 aromatic rings. The summed E-state index contributed by atoms with van der Waals surface area (Å²) < 4.78 is 15.7. The Morgan fingerprint density at radius 3 is 2.50 bits per heavy atom. The first kappa shape index (κ1) is 21.7. The van der Waals surface area contributed by atoms with E-state index < -0.39 is 5.97 Å². The zero-order valence-corrected chi connectivity index (χ0v) is 16.7. The Labute approximate surface area is 168 Å². The fourth-order valence-electron chi connectivity index (χ4n) is 2.24. The van der Waals surface area contributed by atoms with Gasteiger partial charge in [0.25, 0.3) is 0 Å². The van der Waals surface area contributed by atoms with Crippen LogP contribution in [0.25, 0.3) is 0 Å². The smallest absolute Gasteiger partial charge is 0.306 e.